The molecular formula is C19H20N7O6S2+. The summed E-state index contributed by atoms with van der Waals surface area (Å²) < 4.78 is 5.59. The lowest BCUT2D eigenvalue weighted by Crippen LogP contribution is -2.71. The third-order valence-electron chi connectivity index (χ3n) is 4.91. The molecule has 2 aromatic heterocycles. The van der Waals surface area contributed by atoms with Gasteiger partial charge in [0.05, 0.1) is 0 Å². The van der Waals surface area contributed by atoms with E-state index < -0.39 is 29.2 Å². The molecule has 2 aliphatic rings. The number of carboxylic acids is 1. The second kappa shape index (κ2) is 9.64. The van der Waals surface area contributed by atoms with Crippen LogP contribution >= 0.6 is 23.3 Å². The van der Waals surface area contributed by atoms with Crippen LogP contribution in [0.4, 0.5) is 5.13 Å². The van der Waals surface area contributed by atoms with E-state index in [2.05, 4.69) is 19.8 Å². The van der Waals surface area contributed by atoms with Crippen LogP contribution in [-0.2, 0) is 25.8 Å². The Morgan fingerprint density at radius 1 is 1.47 bits per heavy atom. The molecule has 1 unspecified atom stereocenters. The summed E-state index contributed by atoms with van der Waals surface area (Å²) in [6.07, 6.45) is 3.14. The van der Waals surface area contributed by atoms with Gasteiger partial charge in [-0.25, -0.2) is 4.79 Å². The molecule has 4 rings (SSSR count). The molecule has 4 heterocycles. The van der Waals surface area contributed by atoms with Crippen LogP contribution < -0.4 is 15.6 Å². The van der Waals surface area contributed by atoms with E-state index in [9.17, 15) is 24.6 Å². The molecule has 0 radical (unpaired) electrons. The quantitative estimate of drug-likeness (QED) is 0.154. The summed E-state index contributed by atoms with van der Waals surface area (Å²) in [5.74, 6) is -2.25. The number of amides is 2. The van der Waals surface area contributed by atoms with Crippen molar-refractivity contribution in [2.75, 3.05) is 18.1 Å². The largest absolute Gasteiger partial charge is 0.503 e. The minimum absolute atomic E-state index is 0.0324. The van der Waals surface area contributed by atoms with Crippen molar-refractivity contribution in [2.45, 2.75) is 24.9 Å². The molecule has 0 spiro atoms. The van der Waals surface area contributed by atoms with Gasteiger partial charge in [0, 0.05) is 28.9 Å². The summed E-state index contributed by atoms with van der Waals surface area (Å²) in [5.41, 5.74) is 5.72. The van der Waals surface area contributed by atoms with E-state index in [0.29, 0.717) is 11.3 Å². The number of nitrogens with one attached hydrogen (secondary N) is 1. The first kappa shape index (κ1) is 23.4. The maximum atomic E-state index is 12.9. The van der Waals surface area contributed by atoms with Gasteiger partial charge in [-0.2, -0.15) is 13.9 Å². The van der Waals surface area contributed by atoms with E-state index in [1.54, 1.807) is 23.8 Å². The number of hydrogen-bond acceptors (Lipinski definition) is 11. The molecule has 178 valence electrons. The van der Waals surface area contributed by atoms with Crippen LogP contribution in [0.3, 0.4) is 0 Å². The Labute approximate surface area is 201 Å². The molecule has 15 heteroatoms. The number of β-lactam (4-membered cyclic amide) rings is 1. The first-order chi connectivity index (χ1) is 16.3. The monoisotopic (exact) mass is 506 g/mol. The Balaban J connectivity index is 1.53. The highest BCUT2D eigenvalue weighted by Crippen LogP contribution is 2.40. The van der Waals surface area contributed by atoms with Gasteiger partial charge in [-0.1, -0.05) is 5.16 Å². The molecule has 34 heavy (non-hydrogen) atoms. The number of anilines is 1. The van der Waals surface area contributed by atoms with Crippen molar-refractivity contribution >= 4 is 51.9 Å². The normalized spacial score (nSPS) is 20.0. The van der Waals surface area contributed by atoms with Gasteiger partial charge < -0.3 is 26.1 Å². The maximum absolute atomic E-state index is 12.9. The highest BCUT2D eigenvalue weighted by molar-refractivity contribution is 8.00. The highest BCUT2D eigenvalue weighted by Gasteiger charge is 2.54. The molecule has 0 saturated carbocycles. The first-order valence-corrected chi connectivity index (χ1v) is 11.8. The smallest absolute Gasteiger partial charge is 0.352 e. The molecule has 0 aliphatic carbocycles. The second-order valence-corrected chi connectivity index (χ2v) is 9.06. The predicted molar refractivity (Wildman–Crippen MR) is 120 cm³/mol. The van der Waals surface area contributed by atoms with Crippen LogP contribution in [0, 0.1) is 0 Å². The molecule has 2 aliphatic heterocycles. The molecule has 0 aromatic carbocycles. The van der Waals surface area contributed by atoms with E-state index >= 15 is 0 Å². The fourth-order valence-corrected chi connectivity index (χ4v) is 5.26. The zero-order valence-corrected chi connectivity index (χ0v) is 19.4. The summed E-state index contributed by atoms with van der Waals surface area (Å²) in [6, 6.07) is 2.16. The maximum Gasteiger partial charge on any atom is 0.352 e. The summed E-state index contributed by atoms with van der Waals surface area (Å²) in [6.45, 7) is 2.05. The number of aromatic hydroxyl groups is 1. The number of carbonyl (C=O) groups excluding carboxylic acids is 2. The lowest BCUT2D eigenvalue weighted by molar-refractivity contribution is -0.689. The lowest BCUT2D eigenvalue weighted by atomic mass is 10.0. The van der Waals surface area contributed by atoms with Crippen molar-refractivity contribution in [3.8, 4) is 5.75 Å². The summed E-state index contributed by atoms with van der Waals surface area (Å²) in [5, 5.41) is 25.3. The lowest BCUT2D eigenvalue weighted by Gasteiger charge is -2.49. The summed E-state index contributed by atoms with van der Waals surface area (Å²) in [4.78, 5) is 47.9. The minimum atomic E-state index is -1.25. The fourth-order valence-electron chi connectivity index (χ4n) is 3.49. The fraction of sp³-hybridized carbons (Fsp3) is 0.316. The number of pyridine rings is 1. The Morgan fingerprint density at radius 3 is 2.91 bits per heavy atom. The van der Waals surface area contributed by atoms with Crippen molar-refractivity contribution < 1.29 is 34.0 Å². The van der Waals surface area contributed by atoms with E-state index in [0.717, 1.165) is 11.5 Å². The minimum Gasteiger partial charge on any atom is -0.503 e. The molecule has 13 nitrogen and oxygen atoms in total. The number of nitrogen functional groups attached to an aromatic ring is 1. The molecular weight excluding hydrogens is 486 g/mol. The van der Waals surface area contributed by atoms with Gasteiger partial charge >= 0.3 is 5.97 Å². The number of hydrogen-bond donors (Lipinski definition) is 4. The Kier molecular flexibility index (Phi) is 6.65. The zero-order valence-electron chi connectivity index (χ0n) is 17.7. The van der Waals surface area contributed by atoms with Gasteiger partial charge in [0.15, 0.2) is 23.6 Å². The number of carboxylic acid groups (broad SMARTS) is 1. The number of oxime groups is 1. The van der Waals surface area contributed by atoms with Crippen molar-refractivity contribution in [1.82, 2.24) is 19.6 Å². The predicted octanol–water partition coefficient (Wildman–Crippen LogP) is -0.707. The number of rotatable bonds is 8. The van der Waals surface area contributed by atoms with Crippen LogP contribution in [0.5, 0.6) is 5.75 Å². The van der Waals surface area contributed by atoms with Crippen LogP contribution in [0.25, 0.3) is 0 Å². The standard InChI is InChI=1S/C19H19N7O6S2/c1-2-32-23-11(14-22-19(20)34-24-14)15(28)21-12-16(29)26-13(18(30)31)9(8-33-17(12)26)6-25-5-3-4-10(27)7-25/h3-5,7,12,17H,2,6,8H2,1H3,(H4-,20,21,22,24,27,28,30,31)/p+1/t12?,17-/m0/s1. The number of thioether (sulfide) groups is 1. The molecule has 2 aromatic rings. The Bertz CT molecular complexity index is 1210. The van der Waals surface area contributed by atoms with E-state index in [1.165, 1.54) is 28.9 Å². The molecule has 2 amide bonds. The molecule has 2 atom stereocenters. The number of nitrogens with two attached hydrogens (primary N) is 1. The first-order valence-electron chi connectivity index (χ1n) is 9.98. The van der Waals surface area contributed by atoms with Crippen molar-refractivity contribution in [2.24, 2.45) is 5.16 Å². The van der Waals surface area contributed by atoms with E-state index in [1.807, 2.05) is 0 Å². The van der Waals surface area contributed by atoms with Gasteiger partial charge in [0.1, 0.15) is 23.7 Å². The van der Waals surface area contributed by atoms with Gasteiger partial charge in [-0.05, 0) is 13.0 Å². The molecule has 1 fully saturated rings. The van der Waals surface area contributed by atoms with Gasteiger partial charge in [-0.3, -0.25) is 14.5 Å². The van der Waals surface area contributed by atoms with Crippen LogP contribution in [0.1, 0.15) is 12.7 Å². The third kappa shape index (κ3) is 4.51. The number of aliphatic carboxylic acids is 1. The van der Waals surface area contributed by atoms with E-state index in [-0.39, 0.29) is 41.3 Å². The van der Waals surface area contributed by atoms with Crippen LogP contribution in [0.2, 0.25) is 0 Å². The van der Waals surface area contributed by atoms with Gasteiger partial charge in [0.2, 0.25) is 17.7 Å². The Morgan fingerprint density at radius 2 is 2.26 bits per heavy atom. The van der Waals surface area contributed by atoms with E-state index in [4.69, 9.17) is 10.6 Å². The topological polar surface area (TPSA) is 184 Å². The van der Waals surface area contributed by atoms with Crippen molar-refractivity contribution in [3.63, 3.8) is 0 Å². The van der Waals surface area contributed by atoms with Gasteiger partial charge in [0.25, 0.3) is 11.8 Å². The average molecular weight is 507 g/mol. The van der Waals surface area contributed by atoms with Crippen molar-refractivity contribution in [3.05, 3.63) is 41.6 Å². The van der Waals surface area contributed by atoms with Gasteiger partial charge in [-0.15, -0.1) is 11.8 Å². The number of carbonyl (C=O) groups is 3. The molecule has 5 N–H and O–H groups in total. The average Bonchev–Trinajstić information content (AvgIpc) is 3.23. The number of aromatic nitrogens is 3. The highest BCUT2D eigenvalue weighted by atomic mass is 32.2. The van der Waals surface area contributed by atoms with Crippen molar-refractivity contribution in [1.29, 1.82) is 0 Å². The third-order valence-corrected chi connectivity index (χ3v) is 6.79. The molecule has 0 bridgehead atoms. The summed E-state index contributed by atoms with van der Waals surface area (Å²) in [7, 11) is 0. The molecule has 1 saturated heterocycles. The summed E-state index contributed by atoms with van der Waals surface area (Å²) >= 11 is 2.20. The van der Waals surface area contributed by atoms with Crippen LogP contribution in [-0.4, -0.2) is 71.7 Å². The number of fused-ring (bicyclic) bond motifs is 1. The Hall–Kier alpha value is -3.72. The second-order valence-electron chi connectivity index (χ2n) is 7.17. The SMILES string of the molecule is CCON=C(C(=O)NC1C(=O)N2C(C(=O)O)=C(C[n+]3cccc(O)c3)CS[C@@H]12)c1nsc(N)n1. The number of nitrogens with zero attached hydrogens (tertiary/aromatic N) is 5. The zero-order chi connectivity index (χ0) is 24.4. The van der Waals surface area contributed by atoms with Crippen LogP contribution in [0.15, 0.2) is 41.0 Å².